The van der Waals surface area contributed by atoms with Gasteiger partial charge in [-0.1, -0.05) is 36.4 Å². The first kappa shape index (κ1) is 14.5. The van der Waals surface area contributed by atoms with Gasteiger partial charge in [0.05, 0.1) is 4.92 Å². The van der Waals surface area contributed by atoms with E-state index in [1.54, 1.807) is 54.5 Å². The first-order chi connectivity index (χ1) is 10.1. The van der Waals surface area contributed by atoms with Gasteiger partial charge in [-0.15, -0.1) is 0 Å². The molecule has 0 bridgehead atoms. The standard InChI is InChI=1S/C16H14N2O3/c1-17(14-8-5-9-15(12-14)18(20)21)11-10-16(19)13-6-3-2-4-7-13/h2-12H,1H3/b11-10+. The van der Waals surface area contributed by atoms with Crippen molar-refractivity contribution in [3.05, 3.63) is 82.6 Å². The van der Waals surface area contributed by atoms with Crippen LogP contribution in [0.4, 0.5) is 11.4 Å². The van der Waals surface area contributed by atoms with E-state index in [-0.39, 0.29) is 11.5 Å². The number of anilines is 1. The zero-order valence-corrected chi connectivity index (χ0v) is 11.5. The van der Waals surface area contributed by atoms with E-state index in [9.17, 15) is 14.9 Å². The Morgan fingerprint density at radius 1 is 1.14 bits per heavy atom. The lowest BCUT2D eigenvalue weighted by molar-refractivity contribution is -0.384. The summed E-state index contributed by atoms with van der Waals surface area (Å²) in [7, 11) is 1.73. The van der Waals surface area contributed by atoms with E-state index in [4.69, 9.17) is 0 Å². The van der Waals surface area contributed by atoms with Crippen molar-refractivity contribution in [2.24, 2.45) is 0 Å². The van der Waals surface area contributed by atoms with Gasteiger partial charge in [-0.2, -0.15) is 0 Å². The minimum atomic E-state index is -0.448. The smallest absolute Gasteiger partial charge is 0.271 e. The van der Waals surface area contributed by atoms with E-state index >= 15 is 0 Å². The third kappa shape index (κ3) is 3.76. The van der Waals surface area contributed by atoms with Crippen LogP contribution in [0.25, 0.3) is 0 Å². The second-order valence-electron chi connectivity index (χ2n) is 4.43. The highest BCUT2D eigenvalue weighted by molar-refractivity contribution is 6.04. The Labute approximate surface area is 122 Å². The summed E-state index contributed by atoms with van der Waals surface area (Å²) in [5.41, 5.74) is 1.25. The topological polar surface area (TPSA) is 63.5 Å². The number of ketones is 1. The van der Waals surface area contributed by atoms with Crippen molar-refractivity contribution in [1.82, 2.24) is 0 Å². The van der Waals surface area contributed by atoms with Crippen molar-refractivity contribution >= 4 is 17.2 Å². The van der Waals surface area contributed by atoms with Crippen LogP contribution in [-0.2, 0) is 0 Å². The number of carbonyl (C=O) groups excluding carboxylic acids is 1. The molecule has 21 heavy (non-hydrogen) atoms. The molecular weight excluding hydrogens is 268 g/mol. The average molecular weight is 282 g/mol. The highest BCUT2D eigenvalue weighted by Gasteiger charge is 2.07. The van der Waals surface area contributed by atoms with Crippen LogP contribution in [0.15, 0.2) is 66.9 Å². The van der Waals surface area contributed by atoms with Crippen LogP contribution in [0.5, 0.6) is 0 Å². The van der Waals surface area contributed by atoms with Crippen LogP contribution in [0.1, 0.15) is 10.4 Å². The van der Waals surface area contributed by atoms with Crippen LogP contribution in [-0.4, -0.2) is 17.8 Å². The van der Waals surface area contributed by atoms with Crippen LogP contribution < -0.4 is 4.90 Å². The lowest BCUT2D eigenvalue weighted by atomic mass is 10.1. The molecule has 0 aromatic heterocycles. The molecule has 5 nitrogen and oxygen atoms in total. The molecule has 2 rings (SSSR count). The van der Waals surface area contributed by atoms with E-state index < -0.39 is 4.92 Å². The summed E-state index contributed by atoms with van der Waals surface area (Å²) in [6.07, 6.45) is 3.03. The average Bonchev–Trinajstić information content (AvgIpc) is 2.53. The molecule has 0 saturated heterocycles. The van der Waals surface area contributed by atoms with Gasteiger partial charge in [0.2, 0.25) is 0 Å². The number of non-ortho nitro benzene ring substituents is 1. The Morgan fingerprint density at radius 3 is 2.52 bits per heavy atom. The predicted molar refractivity (Wildman–Crippen MR) is 81.4 cm³/mol. The molecular formula is C16H14N2O3. The highest BCUT2D eigenvalue weighted by Crippen LogP contribution is 2.20. The molecule has 106 valence electrons. The van der Waals surface area contributed by atoms with Gasteiger partial charge in [0.15, 0.2) is 5.78 Å². The second-order valence-corrected chi connectivity index (χ2v) is 4.43. The van der Waals surface area contributed by atoms with Gasteiger partial charge < -0.3 is 4.90 Å². The molecule has 0 aliphatic carbocycles. The number of benzene rings is 2. The van der Waals surface area contributed by atoms with Crippen LogP contribution >= 0.6 is 0 Å². The summed E-state index contributed by atoms with van der Waals surface area (Å²) >= 11 is 0. The number of carbonyl (C=O) groups is 1. The molecule has 0 atom stereocenters. The van der Waals surface area contributed by atoms with Gasteiger partial charge in [0, 0.05) is 42.7 Å². The number of hydrogen-bond acceptors (Lipinski definition) is 4. The maximum absolute atomic E-state index is 11.9. The van der Waals surface area contributed by atoms with Crippen molar-refractivity contribution in [2.75, 3.05) is 11.9 Å². The number of rotatable bonds is 5. The lowest BCUT2D eigenvalue weighted by Gasteiger charge is -2.13. The fourth-order valence-corrected chi connectivity index (χ4v) is 1.79. The largest absolute Gasteiger partial charge is 0.351 e. The second kappa shape index (κ2) is 6.47. The number of allylic oxidation sites excluding steroid dienone is 1. The normalized spacial score (nSPS) is 10.5. The van der Waals surface area contributed by atoms with Gasteiger partial charge in [-0.25, -0.2) is 0 Å². The maximum Gasteiger partial charge on any atom is 0.271 e. The summed E-state index contributed by atoms with van der Waals surface area (Å²) in [6.45, 7) is 0. The van der Waals surface area contributed by atoms with Crippen molar-refractivity contribution in [1.29, 1.82) is 0 Å². The molecule has 0 unspecified atom stereocenters. The van der Waals surface area contributed by atoms with Crippen molar-refractivity contribution in [2.45, 2.75) is 0 Å². The van der Waals surface area contributed by atoms with Crippen LogP contribution in [0.2, 0.25) is 0 Å². The van der Waals surface area contributed by atoms with E-state index in [0.717, 1.165) is 0 Å². The molecule has 0 aliphatic rings. The van der Waals surface area contributed by atoms with Crippen molar-refractivity contribution < 1.29 is 9.72 Å². The van der Waals surface area contributed by atoms with E-state index in [1.165, 1.54) is 18.2 Å². The monoisotopic (exact) mass is 282 g/mol. The Hall–Kier alpha value is -2.95. The molecule has 0 amide bonds. The van der Waals surface area contributed by atoms with Crippen molar-refractivity contribution in [3.8, 4) is 0 Å². The third-order valence-corrected chi connectivity index (χ3v) is 2.96. The minimum Gasteiger partial charge on any atom is -0.351 e. The van der Waals surface area contributed by atoms with Gasteiger partial charge in [0.25, 0.3) is 5.69 Å². The molecule has 2 aromatic carbocycles. The van der Waals surface area contributed by atoms with E-state index in [0.29, 0.717) is 11.3 Å². The molecule has 0 fully saturated rings. The minimum absolute atomic E-state index is 0.0159. The van der Waals surface area contributed by atoms with Crippen LogP contribution in [0, 0.1) is 10.1 Å². The quantitative estimate of drug-likeness (QED) is 0.365. The number of hydrogen-bond donors (Lipinski definition) is 0. The fraction of sp³-hybridized carbons (Fsp3) is 0.0625. The van der Waals surface area contributed by atoms with Gasteiger partial charge in [0.1, 0.15) is 0 Å². The highest BCUT2D eigenvalue weighted by atomic mass is 16.6. The Bertz CT molecular complexity index is 681. The van der Waals surface area contributed by atoms with E-state index in [1.807, 2.05) is 6.07 Å². The SMILES string of the molecule is CN(/C=C/C(=O)c1ccccc1)c1cccc([N+](=O)[O-])c1. The third-order valence-electron chi connectivity index (χ3n) is 2.96. The molecule has 0 saturated carbocycles. The number of nitrogens with zero attached hydrogens (tertiary/aromatic N) is 2. The summed E-state index contributed by atoms with van der Waals surface area (Å²) in [4.78, 5) is 23.9. The van der Waals surface area contributed by atoms with Gasteiger partial charge >= 0.3 is 0 Å². The first-order valence-corrected chi connectivity index (χ1v) is 6.33. The lowest BCUT2D eigenvalue weighted by Crippen LogP contribution is -2.09. The Balaban J connectivity index is 2.12. The zero-order chi connectivity index (χ0) is 15.2. The fourth-order valence-electron chi connectivity index (χ4n) is 1.79. The number of nitro groups is 1. The molecule has 0 heterocycles. The maximum atomic E-state index is 11.9. The molecule has 0 radical (unpaired) electrons. The first-order valence-electron chi connectivity index (χ1n) is 6.33. The molecule has 0 N–H and O–H groups in total. The number of nitro benzene ring substituents is 1. The summed E-state index contributed by atoms with van der Waals surface area (Å²) < 4.78 is 0. The van der Waals surface area contributed by atoms with Crippen LogP contribution in [0.3, 0.4) is 0 Å². The van der Waals surface area contributed by atoms with E-state index in [2.05, 4.69) is 0 Å². The molecule has 2 aromatic rings. The zero-order valence-electron chi connectivity index (χ0n) is 11.5. The molecule has 5 heteroatoms. The summed E-state index contributed by atoms with van der Waals surface area (Å²) in [5, 5.41) is 10.7. The summed E-state index contributed by atoms with van der Waals surface area (Å²) in [6, 6.07) is 15.1. The predicted octanol–water partition coefficient (Wildman–Crippen LogP) is 3.43. The van der Waals surface area contributed by atoms with Crippen molar-refractivity contribution in [3.63, 3.8) is 0 Å². The Kier molecular flexibility index (Phi) is 4.46. The Morgan fingerprint density at radius 2 is 1.86 bits per heavy atom. The molecule has 0 spiro atoms. The van der Waals surface area contributed by atoms with Gasteiger partial charge in [-0.3, -0.25) is 14.9 Å². The van der Waals surface area contributed by atoms with Gasteiger partial charge in [-0.05, 0) is 6.07 Å². The summed E-state index contributed by atoms with van der Waals surface area (Å²) in [5.74, 6) is -0.118. The molecule has 0 aliphatic heterocycles.